The van der Waals surface area contributed by atoms with Crippen molar-refractivity contribution in [1.29, 1.82) is 0 Å². The van der Waals surface area contributed by atoms with Gasteiger partial charge in [0.15, 0.2) is 0 Å². The highest BCUT2D eigenvalue weighted by Gasteiger charge is 2.61. The first kappa shape index (κ1) is 32.7. The van der Waals surface area contributed by atoms with E-state index in [4.69, 9.17) is 14.5 Å². The molecule has 3 aromatic rings. The molecule has 0 unspecified atom stereocenters. The Labute approximate surface area is 279 Å². The quantitative estimate of drug-likeness (QED) is 0.285. The number of alkyl carbamates (subject to hydrolysis) is 1. The zero-order chi connectivity index (χ0) is 33.8. The zero-order valence-electron chi connectivity index (χ0n) is 26.9. The van der Waals surface area contributed by atoms with Gasteiger partial charge in [0.1, 0.15) is 29.5 Å². The minimum absolute atomic E-state index is 0.0469. The van der Waals surface area contributed by atoms with Gasteiger partial charge in [0, 0.05) is 29.4 Å². The number of nitrogens with one attached hydrogen (secondary N) is 2. The number of cyclic esters (lactones) is 1. The van der Waals surface area contributed by atoms with Crippen LogP contribution in [0.25, 0.3) is 28.2 Å². The fourth-order valence-corrected chi connectivity index (χ4v) is 6.53. The lowest BCUT2D eigenvalue weighted by Crippen LogP contribution is -2.56. The maximum absolute atomic E-state index is 14.2. The molecule has 0 radical (unpaired) electrons. The van der Waals surface area contributed by atoms with Crippen LogP contribution in [-0.4, -0.2) is 75.7 Å². The number of aliphatic carboxylic acids is 1. The van der Waals surface area contributed by atoms with Crippen molar-refractivity contribution < 1.29 is 33.8 Å². The summed E-state index contributed by atoms with van der Waals surface area (Å²) in [5.41, 5.74) is 1.75. The van der Waals surface area contributed by atoms with E-state index in [-0.39, 0.29) is 26.0 Å². The maximum Gasteiger partial charge on any atom is 0.407 e. The molecule has 3 amide bonds. The molecule has 11 nitrogen and oxygen atoms in total. The number of hydrogen-bond donors (Lipinski definition) is 3. The molecular weight excluding hydrogens is 612 g/mol. The third-order valence-corrected chi connectivity index (χ3v) is 9.30. The van der Waals surface area contributed by atoms with Gasteiger partial charge in [-0.3, -0.25) is 9.59 Å². The van der Waals surface area contributed by atoms with Crippen LogP contribution in [0.1, 0.15) is 51.0 Å². The molecule has 2 aliphatic heterocycles. The number of unbranched alkanes of at least 4 members (excludes halogenated alkanes) is 1. The molecule has 2 aromatic carbocycles. The van der Waals surface area contributed by atoms with Crippen LogP contribution < -0.4 is 15.4 Å². The van der Waals surface area contributed by atoms with Gasteiger partial charge in [-0.05, 0) is 37.0 Å². The predicted octanol–water partition coefficient (Wildman–Crippen LogP) is 5.10. The number of rotatable bonds is 8. The molecule has 1 aromatic heterocycles. The van der Waals surface area contributed by atoms with Crippen LogP contribution >= 0.6 is 0 Å². The van der Waals surface area contributed by atoms with Crippen molar-refractivity contribution in [1.82, 2.24) is 20.5 Å². The predicted molar refractivity (Wildman–Crippen MR) is 180 cm³/mol. The lowest BCUT2D eigenvalue weighted by molar-refractivity contribution is -0.145. The second kappa shape index (κ2) is 13.9. The van der Waals surface area contributed by atoms with E-state index < -0.39 is 53.5 Å². The van der Waals surface area contributed by atoms with Crippen LogP contribution in [0.3, 0.4) is 0 Å². The Morgan fingerprint density at radius 2 is 2.00 bits per heavy atom. The maximum atomic E-state index is 14.2. The summed E-state index contributed by atoms with van der Waals surface area (Å²) >= 11 is 0. The Bertz CT molecular complexity index is 1760. The zero-order valence-corrected chi connectivity index (χ0v) is 26.9. The molecule has 1 aliphatic carbocycles. The molecule has 6 rings (SSSR count). The smallest absolute Gasteiger partial charge is 0.407 e. The number of carbonyl (C=O) groups is 4. The minimum Gasteiger partial charge on any atom is -0.488 e. The number of benzene rings is 2. The number of ether oxygens (including phenoxy) is 2. The largest absolute Gasteiger partial charge is 0.488 e. The van der Waals surface area contributed by atoms with E-state index in [1.165, 1.54) is 11.0 Å². The molecule has 0 spiro atoms. The highest BCUT2D eigenvalue weighted by molar-refractivity contribution is 5.96. The average Bonchev–Trinajstić information content (AvgIpc) is 3.65. The normalized spacial score (nSPS) is 26.1. The summed E-state index contributed by atoms with van der Waals surface area (Å²) in [5.74, 6) is -2.08. The topological polar surface area (TPSA) is 147 Å². The Hall–Kier alpha value is -5.19. The summed E-state index contributed by atoms with van der Waals surface area (Å²) < 4.78 is 12.1. The molecule has 48 heavy (non-hydrogen) atoms. The first-order valence-electron chi connectivity index (χ1n) is 16.5. The summed E-state index contributed by atoms with van der Waals surface area (Å²) in [5, 5.41) is 16.2. The Balaban J connectivity index is 1.40. The van der Waals surface area contributed by atoms with Crippen molar-refractivity contribution in [2.24, 2.45) is 5.92 Å². The van der Waals surface area contributed by atoms with Crippen molar-refractivity contribution in [2.75, 3.05) is 13.2 Å². The SMILES string of the molecule is C=C[C@@H]1C[C@]1(NC(=O)[C@@H]1C[C@@H]2CN1C(=O)[C@H](CCCC)NC(=O)OCC/C=C\c1ccc3nc(-c4ccccc4)cc(c3c1)O2)C(=O)O. The molecule has 3 heterocycles. The van der Waals surface area contributed by atoms with Crippen molar-refractivity contribution in [3.05, 3.63) is 78.9 Å². The molecule has 3 N–H and O–H groups in total. The number of carboxylic acid groups (broad SMARTS) is 1. The fraction of sp³-hybridized carbons (Fsp3) is 0.378. The molecule has 250 valence electrons. The van der Waals surface area contributed by atoms with Gasteiger partial charge >= 0.3 is 12.1 Å². The highest BCUT2D eigenvalue weighted by atomic mass is 16.5. The van der Waals surface area contributed by atoms with Gasteiger partial charge in [0.05, 0.1) is 24.4 Å². The molecule has 2 fully saturated rings. The van der Waals surface area contributed by atoms with Crippen LogP contribution in [0.2, 0.25) is 0 Å². The van der Waals surface area contributed by atoms with Crippen molar-refractivity contribution in [3.8, 4) is 17.0 Å². The van der Waals surface area contributed by atoms with Crippen molar-refractivity contribution in [2.45, 2.75) is 69.2 Å². The van der Waals surface area contributed by atoms with Gasteiger partial charge in [-0.25, -0.2) is 14.6 Å². The van der Waals surface area contributed by atoms with Crippen LogP contribution in [-0.2, 0) is 19.1 Å². The van der Waals surface area contributed by atoms with E-state index in [1.807, 2.05) is 73.7 Å². The average molecular weight is 653 g/mol. The molecule has 1 saturated heterocycles. The molecular formula is C37H40N4O7. The second-order valence-electron chi connectivity index (χ2n) is 12.6. The van der Waals surface area contributed by atoms with Gasteiger partial charge in [0.25, 0.3) is 0 Å². The van der Waals surface area contributed by atoms with Gasteiger partial charge in [-0.1, -0.05) is 74.4 Å². The number of aromatic nitrogens is 1. The molecule has 11 heteroatoms. The van der Waals surface area contributed by atoms with Crippen molar-refractivity contribution >= 4 is 40.9 Å². The lowest BCUT2D eigenvalue weighted by Gasteiger charge is -2.29. The number of fused-ring (bicyclic) bond motifs is 3. The minimum atomic E-state index is -1.47. The molecule has 5 atom stereocenters. The van der Waals surface area contributed by atoms with Crippen LogP contribution in [0.4, 0.5) is 4.79 Å². The number of hydrogen-bond acceptors (Lipinski definition) is 7. The summed E-state index contributed by atoms with van der Waals surface area (Å²) in [4.78, 5) is 59.4. The van der Waals surface area contributed by atoms with Gasteiger partial charge < -0.3 is 30.1 Å². The first-order valence-corrected chi connectivity index (χ1v) is 16.5. The fourth-order valence-electron chi connectivity index (χ4n) is 6.53. The van der Waals surface area contributed by atoms with Gasteiger partial charge in [-0.2, -0.15) is 0 Å². The van der Waals surface area contributed by atoms with Crippen molar-refractivity contribution in [3.63, 3.8) is 0 Å². The van der Waals surface area contributed by atoms with Gasteiger partial charge in [-0.15, -0.1) is 6.58 Å². The summed E-state index contributed by atoms with van der Waals surface area (Å²) in [6.45, 7) is 5.85. The lowest BCUT2D eigenvalue weighted by atomic mass is 10.1. The summed E-state index contributed by atoms with van der Waals surface area (Å²) in [7, 11) is 0. The van der Waals surface area contributed by atoms with Gasteiger partial charge in [0.2, 0.25) is 11.8 Å². The van der Waals surface area contributed by atoms with Crippen LogP contribution in [0.15, 0.2) is 73.3 Å². The number of amides is 3. The standard InChI is InChI=1S/C37H40N4O7/c1-3-5-14-29-34(43)41-22-26(19-31(41)33(42)40-37(35(44)45)21-25(37)4-2)48-32-20-30(24-12-7-6-8-13-24)38-28-16-15-23(18-27(28)32)11-9-10-17-47-36(46)39-29/h4,6-9,11-13,15-16,18,20,25-26,29,31H,2-3,5,10,14,17,19,21-22H2,1H3,(H,39,46)(H,40,42)(H,44,45)/b11-9-/t25-,26-,29+,31+,37-/m1/s1. The summed E-state index contributed by atoms with van der Waals surface area (Å²) in [6, 6.07) is 15.5. The summed E-state index contributed by atoms with van der Waals surface area (Å²) in [6.07, 6.45) is 6.59. The monoisotopic (exact) mass is 652 g/mol. The third kappa shape index (κ3) is 6.76. The Morgan fingerprint density at radius 1 is 1.19 bits per heavy atom. The van der Waals surface area contributed by atoms with Crippen LogP contribution in [0.5, 0.6) is 5.75 Å². The van der Waals surface area contributed by atoms with Crippen LogP contribution in [0, 0.1) is 5.92 Å². The van der Waals surface area contributed by atoms with E-state index in [1.54, 1.807) is 0 Å². The number of carboxylic acids is 1. The molecule has 1 saturated carbocycles. The van der Waals surface area contributed by atoms with E-state index in [9.17, 15) is 24.3 Å². The molecule has 3 aliphatic rings. The van der Waals surface area contributed by atoms with E-state index in [0.29, 0.717) is 36.2 Å². The third-order valence-electron chi connectivity index (χ3n) is 9.30. The highest BCUT2D eigenvalue weighted by Crippen LogP contribution is 2.45. The number of pyridine rings is 1. The number of carbonyl (C=O) groups excluding carboxylic acids is 3. The van der Waals surface area contributed by atoms with E-state index in [2.05, 4.69) is 17.2 Å². The van der Waals surface area contributed by atoms with E-state index in [0.717, 1.165) is 22.9 Å². The Kier molecular flexibility index (Phi) is 9.47. The second-order valence-corrected chi connectivity index (χ2v) is 12.6. The first-order chi connectivity index (χ1) is 23.2. The molecule has 4 bridgehead atoms. The van der Waals surface area contributed by atoms with E-state index >= 15 is 0 Å². The number of nitrogens with zero attached hydrogens (tertiary/aromatic N) is 2. The Morgan fingerprint density at radius 3 is 2.73 bits per heavy atom.